The highest BCUT2D eigenvalue weighted by molar-refractivity contribution is 5.93. The van der Waals surface area contributed by atoms with Crippen LogP contribution in [0.3, 0.4) is 0 Å². The summed E-state index contributed by atoms with van der Waals surface area (Å²) in [7, 11) is 1.80. The molecule has 0 aliphatic heterocycles. The van der Waals surface area contributed by atoms with Gasteiger partial charge in [-0.2, -0.15) is 0 Å². The van der Waals surface area contributed by atoms with Crippen molar-refractivity contribution in [1.29, 1.82) is 0 Å². The second-order valence-electron chi connectivity index (χ2n) is 7.98. The summed E-state index contributed by atoms with van der Waals surface area (Å²) in [6.45, 7) is 3.91. The van der Waals surface area contributed by atoms with Gasteiger partial charge in [-0.1, -0.05) is 13.0 Å². The Hall–Kier alpha value is -3.22. The first kappa shape index (κ1) is 20.1. The number of H-pyrrole nitrogens is 1. The summed E-state index contributed by atoms with van der Waals surface area (Å²) in [5.74, 6) is -0.0801. The van der Waals surface area contributed by atoms with Gasteiger partial charge in [-0.3, -0.25) is 9.59 Å². The molecule has 1 saturated carbocycles. The van der Waals surface area contributed by atoms with Crippen molar-refractivity contribution in [2.75, 3.05) is 7.05 Å². The van der Waals surface area contributed by atoms with Crippen molar-refractivity contribution in [3.8, 4) is 11.3 Å². The van der Waals surface area contributed by atoms with Gasteiger partial charge in [0, 0.05) is 48.2 Å². The Bertz CT molecular complexity index is 1070. The van der Waals surface area contributed by atoms with Crippen LogP contribution in [-0.2, 0) is 4.79 Å². The number of aromatic amines is 1. The number of carbonyl (C=O) groups excluding carboxylic acids is 2. The Morgan fingerprint density at radius 3 is 2.73 bits per heavy atom. The molecule has 0 saturated heterocycles. The van der Waals surface area contributed by atoms with E-state index in [0.717, 1.165) is 47.0 Å². The van der Waals surface area contributed by atoms with Crippen molar-refractivity contribution >= 4 is 22.7 Å². The predicted octanol–water partition coefficient (Wildman–Crippen LogP) is 3.45. The average Bonchev–Trinajstić information content (AvgIpc) is 3.43. The average molecular weight is 406 g/mol. The second kappa shape index (κ2) is 8.26. The van der Waals surface area contributed by atoms with Gasteiger partial charge < -0.3 is 15.2 Å². The van der Waals surface area contributed by atoms with Crippen LogP contribution in [0.1, 0.15) is 48.7 Å². The molecule has 0 bridgehead atoms. The van der Waals surface area contributed by atoms with E-state index in [2.05, 4.69) is 27.4 Å². The van der Waals surface area contributed by atoms with E-state index in [1.165, 1.54) is 0 Å². The second-order valence-corrected chi connectivity index (χ2v) is 7.98. The normalized spacial score (nSPS) is 18.5. The van der Waals surface area contributed by atoms with E-state index in [4.69, 9.17) is 0 Å². The van der Waals surface area contributed by atoms with Crippen LogP contribution in [0.5, 0.6) is 0 Å². The highest BCUT2D eigenvalue weighted by Crippen LogP contribution is 2.28. The number of rotatable bonds is 5. The number of hydrogen-bond donors (Lipinski definition) is 2. The zero-order valence-electron chi connectivity index (χ0n) is 17.6. The SMILES string of the molecule is CCC(=O)NC1CC[C@H](N(C)C(=O)c2ccc(-c3ccc4[nH]ccc4c3C)nn2)C1. The Kier molecular flexibility index (Phi) is 5.53. The smallest absolute Gasteiger partial charge is 0.274 e. The van der Waals surface area contributed by atoms with Crippen LogP contribution in [0, 0.1) is 6.92 Å². The topological polar surface area (TPSA) is 91.0 Å². The third-order valence-corrected chi connectivity index (χ3v) is 6.12. The summed E-state index contributed by atoms with van der Waals surface area (Å²) < 4.78 is 0. The molecule has 1 aliphatic carbocycles. The molecule has 7 nitrogen and oxygen atoms in total. The number of aromatic nitrogens is 3. The number of amides is 2. The lowest BCUT2D eigenvalue weighted by Gasteiger charge is -2.24. The van der Waals surface area contributed by atoms with Gasteiger partial charge in [-0.05, 0) is 56.0 Å². The zero-order chi connectivity index (χ0) is 21.3. The van der Waals surface area contributed by atoms with E-state index in [-0.39, 0.29) is 23.9 Å². The summed E-state index contributed by atoms with van der Waals surface area (Å²) in [5, 5.41) is 12.7. The van der Waals surface area contributed by atoms with Crippen LogP contribution in [0.4, 0.5) is 0 Å². The maximum Gasteiger partial charge on any atom is 0.274 e. The number of benzene rings is 1. The molecule has 1 unspecified atom stereocenters. The minimum atomic E-state index is -0.140. The summed E-state index contributed by atoms with van der Waals surface area (Å²) in [6, 6.07) is 9.93. The van der Waals surface area contributed by atoms with Crippen molar-refractivity contribution in [1.82, 2.24) is 25.4 Å². The lowest BCUT2D eigenvalue weighted by Crippen LogP contribution is -2.38. The lowest BCUT2D eigenvalue weighted by molar-refractivity contribution is -0.121. The number of fused-ring (bicyclic) bond motifs is 1. The van der Waals surface area contributed by atoms with Gasteiger partial charge in [0.2, 0.25) is 5.91 Å². The van der Waals surface area contributed by atoms with Crippen molar-refractivity contribution in [3.05, 3.63) is 47.8 Å². The van der Waals surface area contributed by atoms with E-state index >= 15 is 0 Å². The van der Waals surface area contributed by atoms with E-state index in [9.17, 15) is 9.59 Å². The molecule has 1 fully saturated rings. The fourth-order valence-corrected chi connectivity index (χ4v) is 4.27. The fraction of sp³-hybridized carbons (Fsp3) is 0.391. The molecule has 4 rings (SSSR count). The van der Waals surface area contributed by atoms with Gasteiger partial charge in [-0.25, -0.2) is 0 Å². The maximum atomic E-state index is 12.9. The number of aryl methyl sites for hydroxylation is 1. The fourth-order valence-electron chi connectivity index (χ4n) is 4.27. The molecule has 0 radical (unpaired) electrons. The quantitative estimate of drug-likeness (QED) is 0.680. The number of carbonyl (C=O) groups is 2. The highest BCUT2D eigenvalue weighted by Gasteiger charge is 2.31. The van der Waals surface area contributed by atoms with Crippen molar-refractivity contribution < 1.29 is 9.59 Å². The van der Waals surface area contributed by atoms with E-state index < -0.39 is 0 Å². The number of nitrogens with zero attached hydrogens (tertiary/aromatic N) is 3. The molecule has 2 amide bonds. The molecule has 2 N–H and O–H groups in total. The molecule has 156 valence electrons. The Labute approximate surface area is 175 Å². The van der Waals surface area contributed by atoms with Crippen LogP contribution >= 0.6 is 0 Å². The van der Waals surface area contributed by atoms with Gasteiger partial charge in [-0.15, -0.1) is 10.2 Å². The lowest BCUT2D eigenvalue weighted by atomic mass is 10.0. The molecular weight excluding hydrogens is 378 g/mol. The molecule has 1 aliphatic rings. The standard InChI is InChI=1S/C23H27N5O2/c1-4-22(29)25-15-5-6-16(13-15)28(3)23(30)21-10-9-20(26-27-21)17-7-8-19-18(14(17)2)11-12-24-19/h7-12,15-16,24H,4-6,13H2,1-3H3,(H,25,29)/t15?,16-/m0/s1. The van der Waals surface area contributed by atoms with Gasteiger partial charge >= 0.3 is 0 Å². The largest absolute Gasteiger partial charge is 0.361 e. The van der Waals surface area contributed by atoms with Gasteiger partial charge in [0.15, 0.2) is 5.69 Å². The van der Waals surface area contributed by atoms with Gasteiger partial charge in [0.1, 0.15) is 0 Å². The van der Waals surface area contributed by atoms with Crippen LogP contribution < -0.4 is 5.32 Å². The van der Waals surface area contributed by atoms with Gasteiger partial charge in [0.05, 0.1) is 5.69 Å². The van der Waals surface area contributed by atoms with Crippen LogP contribution in [0.25, 0.3) is 22.2 Å². The first-order valence-corrected chi connectivity index (χ1v) is 10.4. The third-order valence-electron chi connectivity index (χ3n) is 6.12. The molecule has 3 aromatic rings. The number of hydrogen-bond acceptors (Lipinski definition) is 4. The molecule has 0 spiro atoms. The predicted molar refractivity (Wildman–Crippen MR) is 116 cm³/mol. The monoisotopic (exact) mass is 405 g/mol. The third kappa shape index (κ3) is 3.79. The minimum absolute atomic E-state index is 0.0594. The van der Waals surface area contributed by atoms with Gasteiger partial charge in [0.25, 0.3) is 5.91 Å². The highest BCUT2D eigenvalue weighted by atomic mass is 16.2. The minimum Gasteiger partial charge on any atom is -0.361 e. The maximum absolute atomic E-state index is 12.9. The van der Waals surface area contributed by atoms with E-state index in [1.807, 2.05) is 37.4 Å². The van der Waals surface area contributed by atoms with Crippen molar-refractivity contribution in [2.45, 2.75) is 51.6 Å². The molecule has 7 heteroatoms. The van der Waals surface area contributed by atoms with Crippen molar-refractivity contribution in [3.63, 3.8) is 0 Å². The van der Waals surface area contributed by atoms with Crippen molar-refractivity contribution in [2.24, 2.45) is 0 Å². The summed E-state index contributed by atoms with van der Waals surface area (Å²) in [6.07, 6.45) is 4.94. The Balaban J connectivity index is 1.46. The molecule has 2 atom stereocenters. The zero-order valence-corrected chi connectivity index (χ0v) is 17.6. The van der Waals surface area contributed by atoms with Crippen LogP contribution in [0.15, 0.2) is 36.5 Å². The Morgan fingerprint density at radius 1 is 1.17 bits per heavy atom. The summed E-state index contributed by atoms with van der Waals surface area (Å²) >= 11 is 0. The molecule has 1 aromatic carbocycles. The van der Waals surface area contributed by atoms with Crippen LogP contribution in [-0.4, -0.2) is 51.0 Å². The summed E-state index contributed by atoms with van der Waals surface area (Å²) in [4.78, 5) is 29.5. The molecule has 2 aromatic heterocycles. The van der Waals surface area contributed by atoms with E-state index in [1.54, 1.807) is 18.0 Å². The first-order valence-electron chi connectivity index (χ1n) is 10.4. The van der Waals surface area contributed by atoms with Crippen LogP contribution in [0.2, 0.25) is 0 Å². The number of nitrogens with one attached hydrogen (secondary N) is 2. The molecular formula is C23H27N5O2. The summed E-state index contributed by atoms with van der Waals surface area (Å²) in [5.41, 5.74) is 4.31. The first-order chi connectivity index (χ1) is 14.5. The Morgan fingerprint density at radius 2 is 2.00 bits per heavy atom. The molecule has 30 heavy (non-hydrogen) atoms. The molecule has 2 heterocycles. The van der Waals surface area contributed by atoms with E-state index in [0.29, 0.717) is 12.1 Å².